The molecule has 3 unspecified atom stereocenters. The second-order valence-electron chi connectivity index (χ2n) is 7.07. The van der Waals surface area contributed by atoms with Crippen LogP contribution in [0.2, 0.25) is 5.15 Å². The number of methoxy groups -OCH3 is 1. The molecule has 0 bridgehead atoms. The van der Waals surface area contributed by atoms with Crippen molar-refractivity contribution in [1.29, 1.82) is 0 Å². The van der Waals surface area contributed by atoms with Crippen LogP contribution in [0.4, 0.5) is 0 Å². The Morgan fingerprint density at radius 2 is 2.22 bits per heavy atom. The first-order valence-electron chi connectivity index (χ1n) is 9.57. The van der Waals surface area contributed by atoms with Gasteiger partial charge in [-0.25, -0.2) is 14.6 Å². The molecule has 1 fully saturated rings. The van der Waals surface area contributed by atoms with E-state index in [0.717, 1.165) is 15.1 Å². The lowest BCUT2D eigenvalue weighted by Crippen LogP contribution is -2.55. The molecular weight excluding hydrogens is 494 g/mol. The molecule has 1 aliphatic rings. The Labute approximate surface area is 200 Å². The SMILES string of the molecule is COC1C(n2cc(-c3nc(Cl)cs3)nn2)[C@@H](O)C(CO)O[C@@H]1Sc1ccc2ncsc2c1. The van der Waals surface area contributed by atoms with E-state index < -0.39 is 29.8 Å². The number of aromatic nitrogens is 5. The molecule has 1 aromatic carbocycles. The second-order valence-corrected chi connectivity index (χ2v) is 10.4. The lowest BCUT2D eigenvalue weighted by atomic mass is 9.97. The summed E-state index contributed by atoms with van der Waals surface area (Å²) in [5.41, 5.74) is 2.78. The monoisotopic (exact) mass is 511 g/mol. The molecule has 168 valence electrons. The van der Waals surface area contributed by atoms with Gasteiger partial charge in [-0.2, -0.15) is 0 Å². The maximum atomic E-state index is 11.0. The molecule has 13 heteroatoms. The van der Waals surface area contributed by atoms with Gasteiger partial charge in [0.05, 0.1) is 28.5 Å². The highest BCUT2D eigenvalue weighted by atomic mass is 35.5. The molecule has 5 rings (SSSR count). The van der Waals surface area contributed by atoms with Crippen molar-refractivity contribution < 1.29 is 19.7 Å². The summed E-state index contributed by atoms with van der Waals surface area (Å²) in [5, 5.41) is 31.9. The highest BCUT2D eigenvalue weighted by Crippen LogP contribution is 2.40. The summed E-state index contributed by atoms with van der Waals surface area (Å²) in [6.07, 6.45) is -0.734. The smallest absolute Gasteiger partial charge is 0.147 e. The Kier molecular flexibility index (Phi) is 6.45. The van der Waals surface area contributed by atoms with E-state index in [-0.39, 0.29) is 6.61 Å². The summed E-state index contributed by atoms with van der Waals surface area (Å²) >= 11 is 10.3. The van der Waals surface area contributed by atoms with Gasteiger partial charge in [0.25, 0.3) is 0 Å². The first-order valence-corrected chi connectivity index (χ1v) is 12.6. The van der Waals surface area contributed by atoms with Crippen molar-refractivity contribution >= 4 is 56.3 Å². The third-order valence-electron chi connectivity index (χ3n) is 5.16. The third-order valence-corrected chi connectivity index (χ3v) is 8.28. The van der Waals surface area contributed by atoms with Crippen LogP contribution in [0.25, 0.3) is 20.9 Å². The van der Waals surface area contributed by atoms with E-state index in [4.69, 9.17) is 21.1 Å². The fourth-order valence-corrected chi connectivity index (χ4v) is 6.54. The fourth-order valence-electron chi connectivity index (χ4n) is 3.64. The molecule has 1 aliphatic heterocycles. The molecule has 0 amide bonds. The number of ether oxygens (including phenoxy) is 2. The zero-order chi connectivity index (χ0) is 22.2. The van der Waals surface area contributed by atoms with Gasteiger partial charge in [0.2, 0.25) is 0 Å². The van der Waals surface area contributed by atoms with Crippen LogP contribution < -0.4 is 0 Å². The molecule has 0 radical (unpaired) electrons. The molecule has 1 saturated heterocycles. The minimum atomic E-state index is -1.06. The van der Waals surface area contributed by atoms with Crippen LogP contribution in [0.3, 0.4) is 0 Å². The maximum absolute atomic E-state index is 11.0. The van der Waals surface area contributed by atoms with Crippen LogP contribution in [0.5, 0.6) is 0 Å². The Balaban J connectivity index is 1.45. The molecule has 5 atom stereocenters. The molecule has 0 spiro atoms. The zero-order valence-corrected chi connectivity index (χ0v) is 19.8. The molecule has 4 aromatic rings. The van der Waals surface area contributed by atoms with E-state index in [1.165, 1.54) is 23.1 Å². The Morgan fingerprint density at radius 1 is 1.34 bits per heavy atom. The number of hydrogen-bond donors (Lipinski definition) is 2. The Hall–Kier alpha value is -1.64. The van der Waals surface area contributed by atoms with Crippen molar-refractivity contribution in [2.45, 2.75) is 34.7 Å². The van der Waals surface area contributed by atoms with Crippen LogP contribution in [0, 0.1) is 0 Å². The van der Waals surface area contributed by atoms with E-state index >= 15 is 0 Å². The lowest BCUT2D eigenvalue weighted by molar-refractivity contribution is -0.186. The maximum Gasteiger partial charge on any atom is 0.147 e. The summed E-state index contributed by atoms with van der Waals surface area (Å²) in [4.78, 5) is 9.50. The number of rotatable bonds is 6. The molecule has 0 aliphatic carbocycles. The van der Waals surface area contributed by atoms with Gasteiger partial charge in [0.1, 0.15) is 45.6 Å². The summed E-state index contributed by atoms with van der Waals surface area (Å²) in [5.74, 6) is 0. The molecule has 0 saturated carbocycles. The van der Waals surface area contributed by atoms with Gasteiger partial charge < -0.3 is 19.7 Å². The molecular formula is C19H18ClN5O4S3. The minimum absolute atomic E-state index is 0.345. The predicted octanol–water partition coefficient (Wildman–Crippen LogP) is 3.09. The van der Waals surface area contributed by atoms with Gasteiger partial charge in [-0.05, 0) is 18.2 Å². The Morgan fingerprint density at radius 3 is 2.97 bits per heavy atom. The number of halogens is 1. The van der Waals surface area contributed by atoms with Gasteiger partial charge >= 0.3 is 0 Å². The van der Waals surface area contributed by atoms with Gasteiger partial charge in [-0.15, -0.1) is 27.8 Å². The summed E-state index contributed by atoms with van der Waals surface area (Å²) < 4.78 is 14.4. The number of benzene rings is 1. The largest absolute Gasteiger partial charge is 0.394 e. The molecule has 32 heavy (non-hydrogen) atoms. The van der Waals surface area contributed by atoms with Crippen molar-refractivity contribution in [1.82, 2.24) is 25.0 Å². The van der Waals surface area contributed by atoms with Crippen LogP contribution >= 0.6 is 46.0 Å². The number of thioether (sulfide) groups is 1. The van der Waals surface area contributed by atoms with Gasteiger partial charge in [0.15, 0.2) is 0 Å². The summed E-state index contributed by atoms with van der Waals surface area (Å²) in [7, 11) is 1.56. The van der Waals surface area contributed by atoms with Crippen molar-refractivity contribution in [3.8, 4) is 10.7 Å². The van der Waals surface area contributed by atoms with E-state index in [1.807, 2.05) is 18.2 Å². The normalized spacial score (nSPS) is 26.1. The number of nitrogens with zero attached hydrogens (tertiary/aromatic N) is 5. The molecule has 4 heterocycles. The van der Waals surface area contributed by atoms with Gasteiger partial charge in [0, 0.05) is 17.4 Å². The van der Waals surface area contributed by atoms with Gasteiger partial charge in [-0.1, -0.05) is 28.6 Å². The first-order chi connectivity index (χ1) is 15.6. The number of thiazole rings is 2. The number of aliphatic hydroxyl groups excluding tert-OH is 2. The number of fused-ring (bicyclic) bond motifs is 1. The van der Waals surface area contributed by atoms with E-state index in [2.05, 4.69) is 20.3 Å². The standard InChI is InChI=1S/C19H18ClN5O4S3/c1-28-17-15(25-5-11(23-24-25)18-22-14(20)7-30-18)16(27)12(6-26)29-19(17)32-9-2-3-10-13(4-9)31-8-21-10/h2-5,7-8,12,15-17,19,26-27H,6H2,1H3/t12?,15?,16-,17?,19+/m0/s1. The highest BCUT2D eigenvalue weighted by Gasteiger charge is 2.47. The van der Waals surface area contributed by atoms with Crippen molar-refractivity contribution in [3.63, 3.8) is 0 Å². The Bertz CT molecular complexity index is 1220. The van der Waals surface area contributed by atoms with Crippen molar-refractivity contribution in [3.05, 3.63) is 40.4 Å². The summed E-state index contributed by atoms with van der Waals surface area (Å²) in [6.45, 7) is -0.345. The average Bonchev–Trinajstić information content (AvgIpc) is 3.54. The van der Waals surface area contributed by atoms with Crippen LogP contribution in [-0.4, -0.2) is 72.6 Å². The van der Waals surface area contributed by atoms with Crippen LogP contribution in [0.1, 0.15) is 6.04 Å². The van der Waals surface area contributed by atoms with E-state index in [9.17, 15) is 10.2 Å². The fraction of sp³-hybridized carbons (Fsp3) is 0.368. The quantitative estimate of drug-likeness (QED) is 0.403. The average molecular weight is 512 g/mol. The van der Waals surface area contributed by atoms with Crippen molar-refractivity contribution in [2.75, 3.05) is 13.7 Å². The summed E-state index contributed by atoms with van der Waals surface area (Å²) in [6, 6.07) is 5.34. The van der Waals surface area contributed by atoms with Crippen LogP contribution in [0.15, 0.2) is 40.2 Å². The highest BCUT2D eigenvalue weighted by molar-refractivity contribution is 7.99. The number of aliphatic hydroxyl groups is 2. The van der Waals surface area contributed by atoms with Crippen molar-refractivity contribution in [2.24, 2.45) is 0 Å². The zero-order valence-electron chi connectivity index (χ0n) is 16.6. The van der Waals surface area contributed by atoms with E-state index in [0.29, 0.717) is 15.9 Å². The topological polar surface area (TPSA) is 115 Å². The first kappa shape index (κ1) is 22.2. The molecule has 3 aromatic heterocycles. The number of hydrogen-bond acceptors (Lipinski definition) is 11. The minimum Gasteiger partial charge on any atom is -0.394 e. The van der Waals surface area contributed by atoms with E-state index in [1.54, 1.807) is 40.2 Å². The molecule has 2 N–H and O–H groups in total. The molecule has 9 nitrogen and oxygen atoms in total. The second kappa shape index (κ2) is 9.31. The third kappa shape index (κ3) is 4.17. The van der Waals surface area contributed by atoms with Gasteiger partial charge in [-0.3, -0.25) is 0 Å². The predicted molar refractivity (Wildman–Crippen MR) is 123 cm³/mol. The lowest BCUT2D eigenvalue weighted by Gasteiger charge is -2.43. The van der Waals surface area contributed by atoms with Crippen LogP contribution in [-0.2, 0) is 9.47 Å².